The summed E-state index contributed by atoms with van der Waals surface area (Å²) in [4.78, 5) is 1.94. The maximum atomic E-state index is 9.82. The molecule has 0 heterocycles. The summed E-state index contributed by atoms with van der Waals surface area (Å²) >= 11 is 0. The van der Waals surface area contributed by atoms with Crippen molar-refractivity contribution in [2.75, 3.05) is 32.6 Å². The van der Waals surface area contributed by atoms with Crippen molar-refractivity contribution in [1.29, 1.82) is 0 Å². The van der Waals surface area contributed by atoms with Crippen molar-refractivity contribution in [2.45, 2.75) is 26.0 Å². The van der Waals surface area contributed by atoms with Crippen LogP contribution in [0.5, 0.6) is 5.75 Å². The summed E-state index contributed by atoms with van der Waals surface area (Å²) in [5, 5.41) is 13.3. The normalized spacial score (nSPS) is 13.6. The number of aryl methyl sites for hydroxylation is 1. The molecule has 0 aliphatic heterocycles. The van der Waals surface area contributed by atoms with Gasteiger partial charge in [0, 0.05) is 18.3 Å². The van der Waals surface area contributed by atoms with Crippen LogP contribution in [0.15, 0.2) is 48.5 Å². The lowest BCUT2D eigenvalue weighted by Gasteiger charge is -2.18. The molecular weight excluding hydrogens is 300 g/mol. The first kappa shape index (κ1) is 18.3. The second kappa shape index (κ2) is 8.71. The highest BCUT2D eigenvalue weighted by Crippen LogP contribution is 2.22. The van der Waals surface area contributed by atoms with Crippen molar-refractivity contribution >= 4 is 5.69 Å². The van der Waals surface area contributed by atoms with Crippen LogP contribution in [-0.4, -0.2) is 43.4 Å². The Morgan fingerprint density at radius 1 is 1.12 bits per heavy atom. The van der Waals surface area contributed by atoms with Gasteiger partial charge < -0.3 is 20.1 Å². The molecule has 0 bridgehead atoms. The first-order valence-electron chi connectivity index (χ1n) is 8.33. The Bertz CT molecular complexity index is 626. The van der Waals surface area contributed by atoms with Crippen LogP contribution >= 0.6 is 0 Å². The molecule has 2 atom stereocenters. The van der Waals surface area contributed by atoms with Crippen LogP contribution in [0.1, 0.15) is 24.1 Å². The highest BCUT2D eigenvalue weighted by Gasteiger charge is 2.08. The Morgan fingerprint density at radius 3 is 2.46 bits per heavy atom. The fourth-order valence-electron chi connectivity index (χ4n) is 2.59. The minimum atomic E-state index is -0.487. The molecule has 0 amide bonds. The first-order valence-corrected chi connectivity index (χ1v) is 8.33. The van der Waals surface area contributed by atoms with Gasteiger partial charge in [0.05, 0.1) is 0 Å². The topological polar surface area (TPSA) is 44.7 Å². The van der Waals surface area contributed by atoms with Gasteiger partial charge in [0.2, 0.25) is 0 Å². The zero-order valence-electron chi connectivity index (χ0n) is 15.0. The summed E-state index contributed by atoms with van der Waals surface area (Å²) in [6.45, 7) is 5.14. The molecule has 130 valence electrons. The van der Waals surface area contributed by atoms with E-state index in [1.54, 1.807) is 0 Å². The zero-order valence-corrected chi connectivity index (χ0v) is 15.0. The molecule has 0 aromatic heterocycles. The van der Waals surface area contributed by atoms with Gasteiger partial charge in [-0.15, -0.1) is 0 Å². The van der Waals surface area contributed by atoms with Crippen molar-refractivity contribution in [2.24, 2.45) is 0 Å². The van der Waals surface area contributed by atoms with Gasteiger partial charge in [-0.3, -0.25) is 0 Å². The number of hydrogen-bond donors (Lipinski definition) is 2. The molecule has 0 saturated carbocycles. The third-order valence-electron chi connectivity index (χ3n) is 3.80. The monoisotopic (exact) mass is 328 g/mol. The average molecular weight is 328 g/mol. The van der Waals surface area contributed by atoms with Crippen molar-refractivity contribution < 1.29 is 9.84 Å². The van der Waals surface area contributed by atoms with Crippen molar-refractivity contribution in [1.82, 2.24) is 4.90 Å². The van der Waals surface area contributed by atoms with Crippen LogP contribution in [0.2, 0.25) is 0 Å². The lowest BCUT2D eigenvalue weighted by atomic mass is 10.1. The third kappa shape index (κ3) is 5.87. The van der Waals surface area contributed by atoms with Gasteiger partial charge in [0.1, 0.15) is 18.5 Å². The molecule has 0 radical (unpaired) electrons. The number of anilines is 1. The van der Waals surface area contributed by atoms with Gasteiger partial charge in [-0.05, 0) is 57.8 Å². The Morgan fingerprint density at radius 2 is 1.83 bits per heavy atom. The molecule has 2 aromatic rings. The molecule has 2 N–H and O–H groups in total. The van der Waals surface area contributed by atoms with Gasteiger partial charge in [0.15, 0.2) is 0 Å². The van der Waals surface area contributed by atoms with E-state index < -0.39 is 6.10 Å². The maximum Gasteiger partial charge on any atom is 0.119 e. The van der Waals surface area contributed by atoms with E-state index in [-0.39, 0.29) is 6.04 Å². The molecule has 0 spiro atoms. The van der Waals surface area contributed by atoms with E-state index >= 15 is 0 Å². The average Bonchev–Trinajstić information content (AvgIpc) is 2.53. The van der Waals surface area contributed by atoms with Gasteiger partial charge >= 0.3 is 0 Å². The van der Waals surface area contributed by atoms with E-state index in [9.17, 15) is 5.11 Å². The Labute approximate surface area is 145 Å². The summed E-state index contributed by atoms with van der Waals surface area (Å²) in [6.07, 6.45) is -0.487. The van der Waals surface area contributed by atoms with Gasteiger partial charge in [0.25, 0.3) is 0 Å². The number of nitrogens with one attached hydrogen (secondary N) is 1. The lowest BCUT2D eigenvalue weighted by molar-refractivity contribution is 0.0831. The number of nitrogens with zero attached hydrogens (tertiary/aromatic N) is 1. The van der Waals surface area contributed by atoms with E-state index in [0.717, 1.165) is 11.4 Å². The predicted octanol–water partition coefficient (Wildman–Crippen LogP) is 3.47. The van der Waals surface area contributed by atoms with E-state index in [0.29, 0.717) is 13.2 Å². The molecule has 0 fully saturated rings. The molecule has 0 saturated heterocycles. The molecule has 4 nitrogen and oxygen atoms in total. The second-order valence-electron chi connectivity index (χ2n) is 6.53. The molecule has 0 aliphatic carbocycles. The van der Waals surface area contributed by atoms with Crippen molar-refractivity contribution in [3.05, 3.63) is 59.7 Å². The third-order valence-corrected chi connectivity index (χ3v) is 3.80. The summed E-state index contributed by atoms with van der Waals surface area (Å²) in [6, 6.07) is 16.6. The second-order valence-corrected chi connectivity index (χ2v) is 6.53. The number of ether oxygens (including phenoxy) is 1. The van der Waals surface area contributed by atoms with Crippen LogP contribution in [0.3, 0.4) is 0 Å². The van der Waals surface area contributed by atoms with Gasteiger partial charge in [-0.25, -0.2) is 0 Å². The molecule has 24 heavy (non-hydrogen) atoms. The van der Waals surface area contributed by atoms with Gasteiger partial charge in [-0.2, -0.15) is 0 Å². The minimum absolute atomic E-state index is 0.235. The van der Waals surface area contributed by atoms with Crippen molar-refractivity contribution in [3.8, 4) is 5.75 Å². The maximum absolute atomic E-state index is 9.82. The fourth-order valence-corrected chi connectivity index (χ4v) is 2.59. The standard InChI is InChI=1S/C20H28N2O2/c1-15-6-5-7-17(12-15)16(2)21-18-8-10-20(11-9-18)24-14-19(23)13-22(3)4/h5-12,16,19,21,23H,13-14H2,1-4H3. The van der Waals surface area contributed by atoms with E-state index in [2.05, 4.69) is 43.4 Å². The Hall–Kier alpha value is -2.04. The first-order chi connectivity index (χ1) is 11.4. The van der Waals surface area contributed by atoms with Gasteiger partial charge in [-0.1, -0.05) is 29.8 Å². The summed E-state index contributed by atoms with van der Waals surface area (Å²) < 4.78 is 5.62. The number of rotatable bonds is 8. The Balaban J connectivity index is 1.87. The molecule has 2 unspecified atom stereocenters. The summed E-state index contributed by atoms with van der Waals surface area (Å²) in [5.74, 6) is 0.765. The summed E-state index contributed by atoms with van der Waals surface area (Å²) in [7, 11) is 3.86. The minimum Gasteiger partial charge on any atom is -0.491 e. The van der Waals surface area contributed by atoms with Crippen LogP contribution in [-0.2, 0) is 0 Å². The van der Waals surface area contributed by atoms with Crippen LogP contribution in [0.4, 0.5) is 5.69 Å². The number of benzene rings is 2. The fraction of sp³-hybridized carbons (Fsp3) is 0.400. The van der Waals surface area contributed by atoms with Crippen molar-refractivity contribution in [3.63, 3.8) is 0 Å². The van der Waals surface area contributed by atoms with Crippen LogP contribution in [0, 0.1) is 6.92 Å². The van der Waals surface area contributed by atoms with Crippen LogP contribution in [0.25, 0.3) is 0 Å². The van der Waals surface area contributed by atoms with E-state index in [4.69, 9.17) is 4.74 Å². The number of aliphatic hydroxyl groups excluding tert-OH is 1. The molecule has 0 aliphatic rings. The van der Waals surface area contributed by atoms with E-state index in [1.165, 1.54) is 11.1 Å². The lowest BCUT2D eigenvalue weighted by Crippen LogP contribution is -2.30. The van der Waals surface area contributed by atoms with Crippen LogP contribution < -0.4 is 10.1 Å². The smallest absolute Gasteiger partial charge is 0.119 e. The largest absolute Gasteiger partial charge is 0.491 e. The highest BCUT2D eigenvalue weighted by atomic mass is 16.5. The van der Waals surface area contributed by atoms with E-state index in [1.807, 2.05) is 43.3 Å². The number of aliphatic hydroxyl groups is 1. The highest BCUT2D eigenvalue weighted by molar-refractivity contribution is 5.48. The predicted molar refractivity (Wildman–Crippen MR) is 99.7 cm³/mol. The molecule has 2 aromatic carbocycles. The molecular formula is C20H28N2O2. The summed E-state index contributed by atoms with van der Waals surface area (Å²) in [5.41, 5.74) is 3.58. The number of hydrogen-bond acceptors (Lipinski definition) is 4. The quantitative estimate of drug-likeness (QED) is 0.779. The molecule has 2 rings (SSSR count). The molecule has 4 heteroatoms. The number of likely N-dealkylation sites (N-methyl/N-ethyl adjacent to an activating group) is 1. The SMILES string of the molecule is Cc1cccc(C(C)Nc2ccc(OCC(O)CN(C)C)cc2)c1. The Kier molecular flexibility index (Phi) is 6.64. The zero-order chi connectivity index (χ0) is 17.5.